The fraction of sp³-hybridized carbons (Fsp3) is 0.591. The van der Waals surface area contributed by atoms with E-state index in [0.717, 1.165) is 30.6 Å². The number of hydrogen-bond donors (Lipinski definition) is 3. The quantitative estimate of drug-likeness (QED) is 0.499. The van der Waals surface area contributed by atoms with Crippen LogP contribution in [0.3, 0.4) is 0 Å². The monoisotopic (exact) mass is 466 g/mol. The lowest BCUT2D eigenvalue weighted by atomic mass is 9.89. The molecule has 9 nitrogen and oxygen atoms in total. The molecule has 1 heterocycles. The summed E-state index contributed by atoms with van der Waals surface area (Å²) in [5.41, 5.74) is 0.622. The van der Waals surface area contributed by atoms with Gasteiger partial charge in [-0.15, -0.1) is 0 Å². The van der Waals surface area contributed by atoms with Crippen LogP contribution < -0.4 is 15.4 Å². The number of carboxylic acid groups (broad SMARTS) is 1. The first kappa shape index (κ1) is 24.0. The zero-order chi connectivity index (χ0) is 23.3. The lowest BCUT2D eigenvalue weighted by molar-refractivity contribution is -0.137. The molecule has 1 aromatic rings. The summed E-state index contributed by atoms with van der Waals surface area (Å²) >= 11 is 6.34. The molecule has 1 aliphatic heterocycles. The zero-order valence-corrected chi connectivity index (χ0v) is 19.2. The number of nitrogens with one attached hydrogen (secondary N) is 2. The molecule has 0 aromatic heterocycles. The second kappa shape index (κ2) is 10.8. The summed E-state index contributed by atoms with van der Waals surface area (Å²) in [6.07, 6.45) is 4.37. The van der Waals surface area contributed by atoms with E-state index in [1.165, 1.54) is 6.42 Å². The number of anilines is 1. The van der Waals surface area contributed by atoms with Crippen molar-refractivity contribution in [3.8, 4) is 5.75 Å². The van der Waals surface area contributed by atoms with Crippen LogP contribution in [0.4, 0.5) is 15.3 Å². The van der Waals surface area contributed by atoms with Gasteiger partial charge in [-0.3, -0.25) is 15.0 Å². The summed E-state index contributed by atoms with van der Waals surface area (Å²) in [7, 11) is 0. The summed E-state index contributed by atoms with van der Waals surface area (Å²) in [6.45, 7) is 4.11. The maximum atomic E-state index is 13.2. The summed E-state index contributed by atoms with van der Waals surface area (Å²) in [6, 6.07) is 4.08. The van der Waals surface area contributed by atoms with E-state index in [9.17, 15) is 14.4 Å². The highest BCUT2D eigenvalue weighted by atomic mass is 35.5. The molecule has 1 unspecified atom stereocenters. The van der Waals surface area contributed by atoms with Crippen LogP contribution in [0.25, 0.3) is 0 Å². The Labute approximate surface area is 193 Å². The van der Waals surface area contributed by atoms with Gasteiger partial charge in [-0.1, -0.05) is 30.9 Å². The largest absolute Gasteiger partial charge is 0.489 e. The number of aliphatic carboxylic acids is 1. The Balaban J connectivity index is 1.78. The molecule has 1 saturated carbocycles. The van der Waals surface area contributed by atoms with Crippen molar-refractivity contribution in [1.29, 1.82) is 0 Å². The van der Waals surface area contributed by atoms with Gasteiger partial charge in [0.05, 0.1) is 17.5 Å². The van der Waals surface area contributed by atoms with E-state index in [4.69, 9.17) is 21.4 Å². The first-order valence-electron chi connectivity index (χ1n) is 11.1. The van der Waals surface area contributed by atoms with Crippen LogP contribution >= 0.6 is 11.6 Å². The Bertz CT molecular complexity index is 844. The van der Waals surface area contributed by atoms with Gasteiger partial charge >= 0.3 is 18.0 Å². The number of urea groups is 2. The molecule has 0 radical (unpaired) electrons. The van der Waals surface area contributed by atoms with Crippen LogP contribution in [-0.2, 0) is 4.79 Å². The van der Waals surface area contributed by atoms with E-state index in [1.807, 2.05) is 13.8 Å². The number of imide groups is 1. The molecule has 10 heteroatoms. The second-order valence-corrected chi connectivity index (χ2v) is 8.95. The highest BCUT2D eigenvalue weighted by Gasteiger charge is 2.39. The molecule has 3 rings (SSSR count). The maximum absolute atomic E-state index is 13.2. The van der Waals surface area contributed by atoms with Crippen LogP contribution in [0.2, 0.25) is 5.02 Å². The Kier molecular flexibility index (Phi) is 8.06. The Morgan fingerprint density at radius 1 is 1.28 bits per heavy atom. The molecule has 1 saturated heterocycles. The molecule has 4 amide bonds. The maximum Gasteiger partial charge on any atom is 0.331 e. The van der Waals surface area contributed by atoms with Crippen LogP contribution in [-0.4, -0.2) is 58.4 Å². The zero-order valence-electron chi connectivity index (χ0n) is 18.5. The van der Waals surface area contributed by atoms with Crippen molar-refractivity contribution in [2.24, 2.45) is 5.92 Å². The number of halogens is 1. The van der Waals surface area contributed by atoms with Gasteiger partial charge in [0.1, 0.15) is 5.75 Å². The fourth-order valence-corrected chi connectivity index (χ4v) is 4.30. The molecule has 32 heavy (non-hydrogen) atoms. The van der Waals surface area contributed by atoms with Crippen molar-refractivity contribution in [1.82, 2.24) is 15.1 Å². The van der Waals surface area contributed by atoms with Crippen LogP contribution in [0, 0.1) is 5.92 Å². The standard InChI is InChI=1S/C22H31ClN4O5/c1-14(2)32-18-9-8-16(12-17(18)23)24-20-25-21(30)26(11-10-19(28)29)22(31)27(20)13-15-6-4-3-5-7-15/h8-9,12,14-15,20,24H,3-7,10-11,13H2,1-2H3,(H,25,30)(H,28,29). The molecule has 3 N–H and O–H groups in total. The van der Waals surface area contributed by atoms with E-state index in [2.05, 4.69) is 10.6 Å². The molecule has 2 aliphatic rings. The molecule has 176 valence electrons. The van der Waals surface area contributed by atoms with Gasteiger partial charge in [0, 0.05) is 18.8 Å². The lowest BCUT2D eigenvalue weighted by Gasteiger charge is -2.43. The van der Waals surface area contributed by atoms with Crippen molar-refractivity contribution in [2.45, 2.75) is 64.8 Å². The topological polar surface area (TPSA) is 111 Å². The van der Waals surface area contributed by atoms with E-state index in [-0.39, 0.29) is 19.1 Å². The smallest absolute Gasteiger partial charge is 0.331 e. The minimum atomic E-state index is -1.07. The molecule has 0 bridgehead atoms. The number of amides is 4. The predicted molar refractivity (Wildman–Crippen MR) is 121 cm³/mol. The summed E-state index contributed by atoms with van der Waals surface area (Å²) < 4.78 is 5.66. The first-order valence-corrected chi connectivity index (χ1v) is 11.5. The van der Waals surface area contributed by atoms with E-state index >= 15 is 0 Å². The van der Waals surface area contributed by atoms with Crippen molar-refractivity contribution in [3.05, 3.63) is 23.2 Å². The average molecular weight is 467 g/mol. The minimum Gasteiger partial charge on any atom is -0.489 e. The molecule has 0 spiro atoms. The highest BCUT2D eigenvalue weighted by Crippen LogP contribution is 2.30. The van der Waals surface area contributed by atoms with Gasteiger partial charge in [-0.05, 0) is 50.8 Å². The lowest BCUT2D eigenvalue weighted by Crippen LogP contribution is -2.68. The van der Waals surface area contributed by atoms with E-state index < -0.39 is 24.3 Å². The number of benzene rings is 1. The van der Waals surface area contributed by atoms with Crippen LogP contribution in [0.5, 0.6) is 5.75 Å². The average Bonchev–Trinajstić information content (AvgIpc) is 2.73. The number of nitrogens with zero attached hydrogens (tertiary/aromatic N) is 2. The molecule has 1 aliphatic carbocycles. The number of hydrogen-bond acceptors (Lipinski definition) is 5. The van der Waals surface area contributed by atoms with Gasteiger partial charge in [0.15, 0.2) is 6.29 Å². The molecule has 2 fully saturated rings. The minimum absolute atomic E-state index is 0.0238. The summed E-state index contributed by atoms with van der Waals surface area (Å²) in [5.74, 6) is -0.184. The van der Waals surface area contributed by atoms with Gasteiger partial charge in [-0.2, -0.15) is 0 Å². The van der Waals surface area contributed by atoms with Crippen molar-refractivity contribution in [3.63, 3.8) is 0 Å². The Morgan fingerprint density at radius 2 is 2.00 bits per heavy atom. The predicted octanol–water partition coefficient (Wildman–Crippen LogP) is 4.32. The number of ether oxygens (including phenoxy) is 1. The van der Waals surface area contributed by atoms with E-state index in [1.54, 1.807) is 23.1 Å². The highest BCUT2D eigenvalue weighted by molar-refractivity contribution is 6.32. The first-order chi connectivity index (χ1) is 15.2. The fourth-order valence-electron chi connectivity index (χ4n) is 4.07. The van der Waals surface area contributed by atoms with Gasteiger partial charge in [0.25, 0.3) is 0 Å². The third-order valence-electron chi connectivity index (χ3n) is 5.62. The normalized spacial score (nSPS) is 19.8. The number of rotatable bonds is 9. The number of carbonyl (C=O) groups excluding carboxylic acids is 2. The third kappa shape index (κ3) is 6.18. The SMILES string of the molecule is CC(C)Oc1ccc(NC2NC(=O)N(CCC(=O)O)C(=O)N2CC2CCCCC2)cc1Cl. The van der Waals surface area contributed by atoms with Gasteiger partial charge in [0.2, 0.25) is 0 Å². The van der Waals surface area contributed by atoms with E-state index in [0.29, 0.717) is 28.9 Å². The molecular formula is C22H31ClN4O5. The van der Waals surface area contributed by atoms with Crippen molar-refractivity contribution < 1.29 is 24.2 Å². The van der Waals surface area contributed by atoms with Gasteiger partial charge < -0.3 is 15.2 Å². The summed E-state index contributed by atoms with van der Waals surface area (Å²) in [4.78, 5) is 39.3. The molecular weight excluding hydrogens is 436 g/mol. The Hall–Kier alpha value is -2.68. The molecule has 1 aromatic carbocycles. The van der Waals surface area contributed by atoms with Crippen LogP contribution in [0.15, 0.2) is 18.2 Å². The number of carbonyl (C=O) groups is 3. The Morgan fingerprint density at radius 3 is 2.62 bits per heavy atom. The van der Waals surface area contributed by atoms with Crippen molar-refractivity contribution in [2.75, 3.05) is 18.4 Å². The van der Waals surface area contributed by atoms with Crippen LogP contribution in [0.1, 0.15) is 52.4 Å². The van der Waals surface area contributed by atoms with Gasteiger partial charge in [-0.25, -0.2) is 14.5 Å². The third-order valence-corrected chi connectivity index (χ3v) is 5.92. The van der Waals surface area contributed by atoms with Crippen molar-refractivity contribution >= 4 is 35.3 Å². The number of carboxylic acids is 1. The summed E-state index contributed by atoms with van der Waals surface area (Å²) in [5, 5.41) is 15.4. The second-order valence-electron chi connectivity index (χ2n) is 8.54. The molecule has 1 atom stereocenters.